The fraction of sp³-hybridized carbons (Fsp3) is 0.278. The van der Waals surface area contributed by atoms with Crippen LogP contribution in [0.15, 0.2) is 24.3 Å². The third kappa shape index (κ3) is 6.38. The van der Waals surface area contributed by atoms with Crippen LogP contribution in [0.25, 0.3) is 0 Å². The maximum atomic E-state index is 12.2. The highest BCUT2D eigenvalue weighted by Gasteiger charge is 2.21. The standard InChI is InChI=1S/C18H14Cl6O4/c1-8(7-26-16-5-12(21)10(19)3-14(16)23)27-18(25)9(2)28-17-6-13(22)11(20)4-15(17)24/h3-6,8-9H,7H2,1-2H3/t8-,9-/m0/s1. The zero-order valence-corrected chi connectivity index (χ0v) is 19.1. The molecule has 0 saturated carbocycles. The molecule has 0 unspecified atom stereocenters. The van der Waals surface area contributed by atoms with Crippen LogP contribution in [0.5, 0.6) is 11.5 Å². The first kappa shape index (κ1) is 23.5. The first-order chi connectivity index (χ1) is 13.1. The number of rotatable bonds is 7. The largest absolute Gasteiger partial charge is 0.488 e. The number of benzene rings is 2. The van der Waals surface area contributed by atoms with Crippen molar-refractivity contribution in [3.8, 4) is 11.5 Å². The highest BCUT2D eigenvalue weighted by molar-refractivity contribution is 6.44. The van der Waals surface area contributed by atoms with Gasteiger partial charge in [0.05, 0.1) is 30.1 Å². The monoisotopic (exact) mass is 504 g/mol. The molecule has 0 saturated heterocycles. The van der Waals surface area contributed by atoms with Gasteiger partial charge in [0, 0.05) is 12.1 Å². The average molecular weight is 507 g/mol. The first-order valence-electron chi connectivity index (χ1n) is 7.87. The Bertz CT molecular complexity index is 874. The molecule has 0 aliphatic rings. The van der Waals surface area contributed by atoms with Gasteiger partial charge in [-0.1, -0.05) is 69.6 Å². The van der Waals surface area contributed by atoms with Crippen LogP contribution in [0, 0.1) is 0 Å². The summed E-state index contributed by atoms with van der Waals surface area (Å²) in [6, 6.07) is 5.80. The average Bonchev–Trinajstić information content (AvgIpc) is 2.61. The molecule has 0 N–H and O–H groups in total. The number of carbonyl (C=O) groups is 1. The quantitative estimate of drug-likeness (QED) is 0.290. The minimum Gasteiger partial charge on any atom is -0.488 e. The van der Waals surface area contributed by atoms with Gasteiger partial charge in [0.15, 0.2) is 6.10 Å². The van der Waals surface area contributed by atoms with Gasteiger partial charge in [-0.2, -0.15) is 0 Å². The van der Waals surface area contributed by atoms with Crippen LogP contribution in [-0.4, -0.2) is 24.8 Å². The Morgan fingerprint density at radius 2 is 1.25 bits per heavy atom. The van der Waals surface area contributed by atoms with Crippen LogP contribution in [0.4, 0.5) is 0 Å². The Labute approximate surface area is 192 Å². The molecule has 0 bridgehead atoms. The van der Waals surface area contributed by atoms with Gasteiger partial charge in [0.2, 0.25) is 0 Å². The van der Waals surface area contributed by atoms with E-state index in [0.29, 0.717) is 20.8 Å². The van der Waals surface area contributed by atoms with Gasteiger partial charge in [-0.05, 0) is 26.0 Å². The van der Waals surface area contributed by atoms with Crippen molar-refractivity contribution in [3.63, 3.8) is 0 Å². The van der Waals surface area contributed by atoms with Crippen molar-refractivity contribution in [3.05, 3.63) is 54.4 Å². The molecule has 152 valence electrons. The Morgan fingerprint density at radius 1 is 0.786 bits per heavy atom. The molecule has 0 aliphatic carbocycles. The van der Waals surface area contributed by atoms with Gasteiger partial charge < -0.3 is 14.2 Å². The lowest BCUT2D eigenvalue weighted by molar-refractivity contribution is -0.157. The van der Waals surface area contributed by atoms with E-state index in [-0.39, 0.29) is 27.4 Å². The van der Waals surface area contributed by atoms with Gasteiger partial charge in [0.25, 0.3) is 0 Å². The lowest BCUT2D eigenvalue weighted by Gasteiger charge is -2.19. The third-order valence-electron chi connectivity index (χ3n) is 3.38. The lowest BCUT2D eigenvalue weighted by Crippen LogP contribution is -2.31. The Morgan fingerprint density at radius 3 is 1.82 bits per heavy atom. The molecule has 4 nitrogen and oxygen atoms in total. The molecular formula is C18H14Cl6O4. The van der Waals surface area contributed by atoms with Crippen molar-refractivity contribution in [2.24, 2.45) is 0 Å². The second-order valence-corrected chi connectivity index (χ2v) is 8.16. The summed E-state index contributed by atoms with van der Waals surface area (Å²) in [5, 5.41) is 1.65. The third-order valence-corrected chi connectivity index (χ3v) is 5.41. The molecule has 0 spiro atoms. The summed E-state index contributed by atoms with van der Waals surface area (Å²) in [6.07, 6.45) is -1.53. The predicted octanol–water partition coefficient (Wildman–Crippen LogP) is 7.39. The van der Waals surface area contributed by atoms with Crippen molar-refractivity contribution in [1.29, 1.82) is 0 Å². The fourth-order valence-corrected chi connectivity index (χ4v) is 3.16. The van der Waals surface area contributed by atoms with Gasteiger partial charge >= 0.3 is 5.97 Å². The maximum Gasteiger partial charge on any atom is 0.347 e. The summed E-state index contributed by atoms with van der Waals surface area (Å²) < 4.78 is 16.3. The van der Waals surface area contributed by atoms with E-state index in [4.69, 9.17) is 83.8 Å². The number of halogens is 6. The summed E-state index contributed by atoms with van der Waals surface area (Å²) in [5.41, 5.74) is 0. The second kappa shape index (κ2) is 10.3. The summed E-state index contributed by atoms with van der Waals surface area (Å²) >= 11 is 35.7. The molecule has 0 aromatic heterocycles. The van der Waals surface area contributed by atoms with Crippen LogP contribution in [-0.2, 0) is 9.53 Å². The van der Waals surface area contributed by atoms with E-state index in [2.05, 4.69) is 0 Å². The number of hydrogen-bond acceptors (Lipinski definition) is 4. The first-order valence-corrected chi connectivity index (χ1v) is 10.1. The van der Waals surface area contributed by atoms with Gasteiger partial charge in [0.1, 0.15) is 24.2 Å². The predicted molar refractivity (Wildman–Crippen MR) is 114 cm³/mol. The smallest absolute Gasteiger partial charge is 0.347 e. The molecule has 0 heterocycles. The summed E-state index contributed by atoms with van der Waals surface area (Å²) in [5.74, 6) is -0.0728. The van der Waals surface area contributed by atoms with E-state index < -0.39 is 18.2 Å². The van der Waals surface area contributed by atoms with Crippen molar-refractivity contribution in [2.45, 2.75) is 26.1 Å². The zero-order chi connectivity index (χ0) is 21.0. The van der Waals surface area contributed by atoms with Crippen molar-refractivity contribution in [2.75, 3.05) is 6.61 Å². The molecule has 0 aliphatic heterocycles. The Balaban J connectivity index is 1.91. The van der Waals surface area contributed by atoms with Gasteiger partial charge in [-0.25, -0.2) is 4.79 Å². The summed E-state index contributed by atoms with van der Waals surface area (Å²) in [7, 11) is 0. The summed E-state index contributed by atoms with van der Waals surface area (Å²) in [4.78, 5) is 12.2. The Hall–Kier alpha value is -0.750. The highest BCUT2D eigenvalue weighted by Crippen LogP contribution is 2.35. The normalized spacial score (nSPS) is 13.0. The van der Waals surface area contributed by atoms with Crippen LogP contribution in [0.2, 0.25) is 30.1 Å². The molecule has 28 heavy (non-hydrogen) atoms. The van der Waals surface area contributed by atoms with Crippen LogP contribution in [0.3, 0.4) is 0 Å². The zero-order valence-electron chi connectivity index (χ0n) is 14.6. The maximum absolute atomic E-state index is 12.2. The minimum absolute atomic E-state index is 0.0453. The molecular weight excluding hydrogens is 493 g/mol. The van der Waals surface area contributed by atoms with E-state index in [1.807, 2.05) is 0 Å². The SMILES string of the molecule is C[C@H](Oc1cc(Cl)c(Cl)cc1Cl)C(=O)O[C@@H](C)COc1cc(Cl)c(Cl)cc1Cl. The van der Waals surface area contributed by atoms with Crippen LogP contribution >= 0.6 is 69.6 Å². The second-order valence-electron chi connectivity index (χ2n) is 5.71. The Kier molecular flexibility index (Phi) is 8.68. The van der Waals surface area contributed by atoms with E-state index in [1.165, 1.54) is 31.2 Å². The molecule has 2 rings (SSSR count). The van der Waals surface area contributed by atoms with Crippen molar-refractivity contribution >= 4 is 75.6 Å². The van der Waals surface area contributed by atoms with E-state index in [0.717, 1.165) is 0 Å². The van der Waals surface area contributed by atoms with Gasteiger partial charge in [-0.3, -0.25) is 0 Å². The lowest BCUT2D eigenvalue weighted by atomic mass is 10.3. The van der Waals surface area contributed by atoms with E-state index in [9.17, 15) is 4.79 Å². The van der Waals surface area contributed by atoms with Crippen molar-refractivity contribution < 1.29 is 19.0 Å². The fourth-order valence-electron chi connectivity index (χ4n) is 1.98. The number of ether oxygens (including phenoxy) is 3. The molecule has 2 aromatic carbocycles. The van der Waals surface area contributed by atoms with Crippen LogP contribution in [0.1, 0.15) is 13.8 Å². The molecule has 10 heteroatoms. The van der Waals surface area contributed by atoms with Crippen molar-refractivity contribution in [1.82, 2.24) is 0 Å². The summed E-state index contributed by atoms with van der Waals surface area (Å²) in [6.45, 7) is 3.22. The minimum atomic E-state index is -0.939. The number of carbonyl (C=O) groups excluding carboxylic acids is 1. The highest BCUT2D eigenvalue weighted by atomic mass is 35.5. The van der Waals surface area contributed by atoms with Crippen LogP contribution < -0.4 is 9.47 Å². The molecule has 0 amide bonds. The van der Waals surface area contributed by atoms with Gasteiger partial charge in [-0.15, -0.1) is 0 Å². The topological polar surface area (TPSA) is 44.8 Å². The number of esters is 1. The number of hydrogen-bond donors (Lipinski definition) is 0. The molecule has 2 atom stereocenters. The molecule has 2 aromatic rings. The van der Waals surface area contributed by atoms with E-state index >= 15 is 0 Å². The molecule has 0 fully saturated rings. The van der Waals surface area contributed by atoms with E-state index in [1.54, 1.807) is 6.92 Å². The molecule has 0 radical (unpaired) electrons.